The Bertz CT molecular complexity index is 2010. The van der Waals surface area contributed by atoms with Crippen molar-refractivity contribution in [1.29, 1.82) is 5.26 Å². The highest BCUT2D eigenvalue weighted by atomic mass is 19.4. The van der Waals surface area contributed by atoms with E-state index < -0.39 is 46.9 Å². The lowest BCUT2D eigenvalue weighted by atomic mass is 10.0. The second-order valence-corrected chi connectivity index (χ2v) is 11.6. The molecule has 0 unspecified atom stereocenters. The summed E-state index contributed by atoms with van der Waals surface area (Å²) in [4.78, 5) is 32.4. The second-order valence-electron chi connectivity index (χ2n) is 11.6. The summed E-state index contributed by atoms with van der Waals surface area (Å²) < 4.78 is 87.5. The number of halogens is 6. The molecule has 0 radical (unpaired) electrons. The third kappa shape index (κ3) is 8.91. The van der Waals surface area contributed by atoms with Gasteiger partial charge in [0.2, 0.25) is 5.82 Å². The van der Waals surface area contributed by atoms with E-state index in [9.17, 15) is 32.0 Å². The first-order valence-electron chi connectivity index (χ1n) is 15.2. The summed E-state index contributed by atoms with van der Waals surface area (Å²) in [6.45, 7) is 6.46. The average Bonchev–Trinajstić information content (AvgIpc) is 3.67. The third-order valence-corrected chi connectivity index (χ3v) is 7.52. The molecule has 0 bridgehead atoms. The largest absolute Gasteiger partial charge is 0.490 e. The van der Waals surface area contributed by atoms with Gasteiger partial charge in [-0.3, -0.25) is 4.79 Å². The van der Waals surface area contributed by atoms with Crippen LogP contribution >= 0.6 is 0 Å². The van der Waals surface area contributed by atoms with Gasteiger partial charge in [-0.25, -0.2) is 28.2 Å². The number of likely N-dealkylation sites (tertiary alicyclic amines) is 1. The zero-order chi connectivity index (χ0) is 37.7. The molecule has 1 atom stereocenters. The maximum absolute atomic E-state index is 15.5. The lowest BCUT2D eigenvalue weighted by Crippen LogP contribution is -2.39. The van der Waals surface area contributed by atoms with Gasteiger partial charge in [0.1, 0.15) is 41.0 Å². The number of nitrogens with two attached hydrogens (primary N) is 1. The van der Waals surface area contributed by atoms with Gasteiger partial charge in [0.05, 0.1) is 23.6 Å². The highest BCUT2D eigenvalue weighted by molar-refractivity contribution is 5.99. The fraction of sp³-hybridized carbons (Fsp3) is 0.333. The van der Waals surface area contributed by atoms with E-state index in [4.69, 9.17) is 25.1 Å². The predicted octanol–water partition coefficient (Wildman–Crippen LogP) is 6.17. The maximum Gasteiger partial charge on any atom is 0.490 e. The van der Waals surface area contributed by atoms with Crippen LogP contribution in [-0.4, -0.2) is 72.6 Å². The Balaban J connectivity index is 0.000000755. The topological polar surface area (TPSA) is 169 Å². The first-order chi connectivity index (χ1) is 24.0. The number of aliphatic carboxylic acids is 1. The number of fused-ring (bicyclic) bond motifs is 1. The molecular weight excluding hydrogens is 688 g/mol. The molecule has 1 aliphatic rings. The highest BCUT2D eigenvalue weighted by Crippen LogP contribution is 2.35. The number of anilines is 1. The number of rotatable bonds is 9. The van der Waals surface area contributed by atoms with Crippen LogP contribution in [0.1, 0.15) is 33.6 Å². The molecule has 3 N–H and O–H groups in total. The summed E-state index contributed by atoms with van der Waals surface area (Å²) in [5, 5.41) is 21.8. The average molecular weight is 720 g/mol. The molecular formula is C33H31F6N7O5. The van der Waals surface area contributed by atoms with Gasteiger partial charge in [-0.15, -0.1) is 0 Å². The molecule has 1 aliphatic heterocycles. The highest BCUT2D eigenvalue weighted by Gasteiger charge is 2.38. The Hall–Kier alpha value is -5.70. The second kappa shape index (κ2) is 15.5. The van der Waals surface area contributed by atoms with Crippen LogP contribution in [0, 0.1) is 28.8 Å². The first-order valence-corrected chi connectivity index (χ1v) is 15.2. The number of aromatic nitrogens is 4. The van der Waals surface area contributed by atoms with Crippen LogP contribution in [0.5, 0.6) is 11.5 Å². The van der Waals surface area contributed by atoms with E-state index in [0.29, 0.717) is 30.6 Å². The molecule has 18 heteroatoms. The molecule has 3 heterocycles. The zero-order valence-corrected chi connectivity index (χ0v) is 27.3. The van der Waals surface area contributed by atoms with Crippen molar-refractivity contribution in [2.75, 3.05) is 18.9 Å². The molecule has 0 spiro atoms. The van der Waals surface area contributed by atoms with Gasteiger partial charge in [0, 0.05) is 24.8 Å². The van der Waals surface area contributed by atoms with Gasteiger partial charge in [0.15, 0.2) is 17.2 Å². The van der Waals surface area contributed by atoms with E-state index in [1.807, 2.05) is 13.0 Å². The molecule has 5 rings (SSSR count). The van der Waals surface area contributed by atoms with Gasteiger partial charge >= 0.3 is 12.1 Å². The number of hydrogen-bond donors (Lipinski definition) is 2. The first kappa shape index (κ1) is 38.1. The summed E-state index contributed by atoms with van der Waals surface area (Å²) in [7, 11) is 0. The minimum absolute atomic E-state index is 0.0181. The van der Waals surface area contributed by atoms with E-state index in [1.54, 1.807) is 23.4 Å². The third-order valence-electron chi connectivity index (χ3n) is 7.52. The molecule has 4 aromatic rings. The molecule has 1 saturated heterocycles. The van der Waals surface area contributed by atoms with Crippen LogP contribution in [0.2, 0.25) is 0 Å². The summed E-state index contributed by atoms with van der Waals surface area (Å²) in [5.41, 5.74) is 5.92. The minimum atomic E-state index is -5.08. The van der Waals surface area contributed by atoms with E-state index >= 15 is 4.39 Å². The van der Waals surface area contributed by atoms with Crippen LogP contribution in [-0.2, 0) is 20.9 Å². The summed E-state index contributed by atoms with van der Waals surface area (Å²) in [5.74, 6) is -6.59. The molecule has 0 aliphatic carbocycles. The van der Waals surface area contributed by atoms with E-state index in [-0.39, 0.29) is 41.0 Å². The van der Waals surface area contributed by atoms with Crippen LogP contribution < -0.4 is 10.5 Å². The number of carbonyl (C=O) groups is 2. The lowest BCUT2D eigenvalue weighted by Gasteiger charge is -2.26. The Morgan fingerprint density at radius 3 is 2.47 bits per heavy atom. The number of ether oxygens (including phenoxy) is 2. The standard InChI is InChI=1S/C31H30F3N7O3.C2HF3O2/c1-4-43-31(2,3)14-18(15-35)30(42)40-12-6-7-19(40)16-41-29-25(28(36)37-17-38-29)27(39-41)21-11-10-20(13-23(21)33)44-24-9-5-8-22(32)26(24)34;3-2(4,5)1(6)7/h5,8-11,13-14,17,19H,4,6-7,12,16H2,1-3H3,(H2,36,37,38);(H,6,7)/b18-14-;/t19-;/m1./s1. The molecule has 2 aromatic carbocycles. The minimum Gasteiger partial charge on any atom is -0.475 e. The fourth-order valence-corrected chi connectivity index (χ4v) is 5.34. The quantitative estimate of drug-likeness (QED) is 0.116. The molecule has 1 fully saturated rings. The van der Waals surface area contributed by atoms with E-state index in [1.165, 1.54) is 36.7 Å². The van der Waals surface area contributed by atoms with Crippen molar-refractivity contribution in [2.24, 2.45) is 0 Å². The van der Waals surface area contributed by atoms with Crippen molar-refractivity contribution >= 4 is 28.7 Å². The van der Waals surface area contributed by atoms with Crippen molar-refractivity contribution < 1.29 is 50.5 Å². The number of nitriles is 1. The van der Waals surface area contributed by atoms with Crippen LogP contribution in [0.15, 0.2) is 54.4 Å². The number of carboxylic acid groups (broad SMARTS) is 1. The van der Waals surface area contributed by atoms with Gasteiger partial charge in [-0.1, -0.05) is 6.07 Å². The Morgan fingerprint density at radius 1 is 1.14 bits per heavy atom. The van der Waals surface area contributed by atoms with Crippen molar-refractivity contribution in [3.05, 3.63) is 71.8 Å². The summed E-state index contributed by atoms with van der Waals surface area (Å²) >= 11 is 0. The molecule has 51 heavy (non-hydrogen) atoms. The smallest absolute Gasteiger partial charge is 0.475 e. The van der Waals surface area contributed by atoms with Crippen LogP contribution in [0.4, 0.5) is 32.2 Å². The number of alkyl halides is 3. The normalized spacial score (nSPS) is 14.9. The number of nitrogens with zero attached hydrogens (tertiary/aromatic N) is 6. The Kier molecular flexibility index (Phi) is 11.6. The number of carbonyl (C=O) groups excluding carboxylic acids is 1. The van der Waals surface area contributed by atoms with Crippen molar-refractivity contribution in [2.45, 2.75) is 58.0 Å². The van der Waals surface area contributed by atoms with Gasteiger partial charge in [0.25, 0.3) is 5.91 Å². The lowest BCUT2D eigenvalue weighted by molar-refractivity contribution is -0.192. The molecule has 1 amide bonds. The summed E-state index contributed by atoms with van der Waals surface area (Å²) in [6, 6.07) is 8.94. The maximum atomic E-state index is 15.5. The number of benzene rings is 2. The van der Waals surface area contributed by atoms with Crippen LogP contribution in [0.25, 0.3) is 22.3 Å². The zero-order valence-electron chi connectivity index (χ0n) is 27.3. The number of amides is 1. The SMILES string of the molecule is CCOC(C)(C)/C=C(/C#N)C(=O)N1CCC[C@@H]1Cn1nc(-c2ccc(Oc3cccc(F)c3F)cc2F)c2c(N)ncnc21.O=C(O)C(F)(F)F. The number of hydrogen-bond acceptors (Lipinski definition) is 9. The Morgan fingerprint density at radius 2 is 1.84 bits per heavy atom. The monoisotopic (exact) mass is 719 g/mol. The van der Waals surface area contributed by atoms with Crippen molar-refractivity contribution in [3.8, 4) is 28.8 Å². The van der Waals surface area contributed by atoms with Crippen molar-refractivity contribution in [3.63, 3.8) is 0 Å². The van der Waals surface area contributed by atoms with Gasteiger partial charge in [-0.2, -0.15) is 27.9 Å². The van der Waals surface area contributed by atoms with Crippen LogP contribution in [0.3, 0.4) is 0 Å². The van der Waals surface area contributed by atoms with Gasteiger partial charge in [-0.05, 0) is 64.0 Å². The predicted molar refractivity (Wildman–Crippen MR) is 169 cm³/mol. The molecule has 270 valence electrons. The molecule has 0 saturated carbocycles. The molecule has 12 nitrogen and oxygen atoms in total. The van der Waals surface area contributed by atoms with Crippen molar-refractivity contribution in [1.82, 2.24) is 24.6 Å². The van der Waals surface area contributed by atoms with E-state index in [0.717, 1.165) is 18.6 Å². The molecule has 2 aromatic heterocycles. The summed E-state index contributed by atoms with van der Waals surface area (Å²) in [6.07, 6.45) is -0.921. The number of nitrogen functional groups attached to an aromatic ring is 1. The van der Waals surface area contributed by atoms with E-state index in [2.05, 4.69) is 15.1 Å². The van der Waals surface area contributed by atoms with Gasteiger partial charge < -0.3 is 25.2 Å². The Labute approximate surface area is 286 Å². The fourth-order valence-electron chi connectivity index (χ4n) is 5.34. The number of carboxylic acids is 1.